The second-order valence-corrected chi connectivity index (χ2v) is 5.69. The van der Waals surface area contributed by atoms with Gasteiger partial charge in [0, 0.05) is 32.8 Å². The molecule has 0 amide bonds. The van der Waals surface area contributed by atoms with Gasteiger partial charge in [-0.3, -0.25) is 0 Å². The van der Waals surface area contributed by atoms with E-state index in [1.54, 1.807) is 0 Å². The van der Waals surface area contributed by atoms with Crippen LogP contribution in [0.2, 0.25) is 0 Å². The molecule has 3 aliphatic rings. The van der Waals surface area contributed by atoms with E-state index >= 15 is 0 Å². The molecular weight excluding hydrogens is 276 g/mol. The molecule has 0 aromatic rings. The standard InChI is InChI=1S/C6H13NO.C5H11N.C4H10N2.C2H6/c8-5-6-1-3-7-4-2-6;1-2-4-6-5-3-1;1-2-6-4-3-5-1;1-2/h6-8H,1-5H2;6H,1-5H2;5-6H,1-4H2;1-2H3. The van der Waals surface area contributed by atoms with Crippen molar-refractivity contribution >= 4 is 0 Å². The van der Waals surface area contributed by atoms with Crippen LogP contribution in [0, 0.1) is 5.92 Å². The van der Waals surface area contributed by atoms with Gasteiger partial charge in [-0.15, -0.1) is 0 Å². The molecule has 0 aromatic heterocycles. The third kappa shape index (κ3) is 14.7. The summed E-state index contributed by atoms with van der Waals surface area (Å²) in [6, 6.07) is 0. The van der Waals surface area contributed by atoms with Crippen LogP contribution in [-0.2, 0) is 0 Å². The Morgan fingerprint density at radius 1 is 0.636 bits per heavy atom. The Kier molecular flexibility index (Phi) is 18.7. The Hall–Kier alpha value is -0.200. The largest absolute Gasteiger partial charge is 0.396 e. The Bertz CT molecular complexity index is 156. The molecule has 0 unspecified atom stereocenters. The average molecular weight is 317 g/mol. The van der Waals surface area contributed by atoms with Crippen molar-refractivity contribution in [3.05, 3.63) is 0 Å². The van der Waals surface area contributed by atoms with Crippen molar-refractivity contribution in [2.24, 2.45) is 5.92 Å². The summed E-state index contributed by atoms with van der Waals surface area (Å²) in [7, 11) is 0. The zero-order valence-electron chi connectivity index (χ0n) is 14.9. The van der Waals surface area contributed by atoms with Crippen molar-refractivity contribution in [3.63, 3.8) is 0 Å². The molecule has 134 valence electrons. The van der Waals surface area contributed by atoms with E-state index in [9.17, 15) is 0 Å². The van der Waals surface area contributed by atoms with Gasteiger partial charge in [0.1, 0.15) is 0 Å². The molecule has 5 N–H and O–H groups in total. The molecule has 3 heterocycles. The first-order valence-corrected chi connectivity index (χ1v) is 9.37. The number of aliphatic hydroxyl groups is 1. The van der Waals surface area contributed by atoms with Gasteiger partial charge >= 0.3 is 0 Å². The molecule has 0 bridgehead atoms. The first kappa shape index (κ1) is 21.8. The minimum atomic E-state index is 0.377. The normalized spacial score (nSPS) is 22.0. The second kappa shape index (κ2) is 18.8. The van der Waals surface area contributed by atoms with E-state index in [1.807, 2.05) is 13.8 Å². The molecule has 0 saturated carbocycles. The van der Waals surface area contributed by atoms with Gasteiger partial charge in [-0.05, 0) is 57.8 Å². The van der Waals surface area contributed by atoms with Gasteiger partial charge in [0.05, 0.1) is 0 Å². The van der Waals surface area contributed by atoms with Crippen molar-refractivity contribution in [2.45, 2.75) is 46.0 Å². The van der Waals surface area contributed by atoms with E-state index in [-0.39, 0.29) is 0 Å². The van der Waals surface area contributed by atoms with Crippen LogP contribution in [0.3, 0.4) is 0 Å². The van der Waals surface area contributed by atoms with Crippen LogP contribution in [0.25, 0.3) is 0 Å². The fourth-order valence-corrected chi connectivity index (χ4v) is 2.47. The Balaban J connectivity index is 0.000000288. The third-order valence-corrected chi connectivity index (χ3v) is 3.88. The summed E-state index contributed by atoms with van der Waals surface area (Å²) >= 11 is 0. The Morgan fingerprint density at radius 2 is 1.05 bits per heavy atom. The van der Waals surface area contributed by atoms with E-state index in [4.69, 9.17) is 5.11 Å². The molecule has 0 radical (unpaired) electrons. The lowest BCUT2D eigenvalue weighted by atomic mass is 10.00. The number of rotatable bonds is 1. The van der Waals surface area contributed by atoms with Gasteiger partial charge < -0.3 is 26.4 Å². The molecule has 0 atom stereocenters. The summed E-state index contributed by atoms with van der Waals surface area (Å²) in [4.78, 5) is 0. The lowest BCUT2D eigenvalue weighted by Crippen LogP contribution is -2.39. The maximum Gasteiger partial charge on any atom is 0.0460 e. The number of piperazine rings is 1. The number of hydrogen-bond donors (Lipinski definition) is 5. The molecule has 3 fully saturated rings. The zero-order chi connectivity index (χ0) is 16.3. The first-order chi connectivity index (χ1) is 10.9. The van der Waals surface area contributed by atoms with Crippen molar-refractivity contribution < 1.29 is 5.11 Å². The highest BCUT2D eigenvalue weighted by molar-refractivity contribution is 4.66. The van der Waals surface area contributed by atoms with Gasteiger partial charge in [-0.1, -0.05) is 20.3 Å². The topological polar surface area (TPSA) is 68.3 Å². The fraction of sp³-hybridized carbons (Fsp3) is 1.00. The smallest absolute Gasteiger partial charge is 0.0460 e. The molecule has 5 nitrogen and oxygen atoms in total. The van der Waals surface area contributed by atoms with Crippen LogP contribution in [0.4, 0.5) is 0 Å². The van der Waals surface area contributed by atoms with Crippen LogP contribution < -0.4 is 21.3 Å². The molecule has 0 aromatic carbocycles. The SMILES string of the molecule is C1CCNCC1.C1CNCCN1.CC.OCC1CCNCC1. The molecule has 3 aliphatic heterocycles. The highest BCUT2D eigenvalue weighted by Crippen LogP contribution is 2.08. The second-order valence-electron chi connectivity index (χ2n) is 5.69. The third-order valence-electron chi connectivity index (χ3n) is 3.88. The van der Waals surface area contributed by atoms with Crippen molar-refractivity contribution in [1.29, 1.82) is 0 Å². The summed E-state index contributed by atoms with van der Waals surface area (Å²) in [5.41, 5.74) is 0. The van der Waals surface area contributed by atoms with E-state index in [1.165, 1.54) is 32.4 Å². The number of piperidine rings is 2. The minimum Gasteiger partial charge on any atom is -0.396 e. The van der Waals surface area contributed by atoms with Crippen LogP contribution >= 0.6 is 0 Å². The van der Waals surface area contributed by atoms with Crippen LogP contribution in [0.5, 0.6) is 0 Å². The Morgan fingerprint density at radius 3 is 1.27 bits per heavy atom. The van der Waals surface area contributed by atoms with E-state index in [0.29, 0.717) is 12.5 Å². The predicted octanol–water partition coefficient (Wildman–Crippen LogP) is 0.944. The molecule has 3 saturated heterocycles. The maximum absolute atomic E-state index is 8.66. The molecule has 22 heavy (non-hydrogen) atoms. The lowest BCUT2D eigenvalue weighted by Gasteiger charge is -2.19. The molecule has 0 spiro atoms. The van der Waals surface area contributed by atoms with Crippen LogP contribution in [0.1, 0.15) is 46.0 Å². The number of nitrogens with one attached hydrogen (secondary N) is 4. The highest BCUT2D eigenvalue weighted by atomic mass is 16.3. The monoisotopic (exact) mass is 316 g/mol. The van der Waals surface area contributed by atoms with Crippen molar-refractivity contribution in [1.82, 2.24) is 21.3 Å². The summed E-state index contributed by atoms with van der Waals surface area (Å²) in [6.07, 6.45) is 6.51. The molecular formula is C17H40N4O. The van der Waals surface area contributed by atoms with Gasteiger partial charge in [0.25, 0.3) is 0 Å². The van der Waals surface area contributed by atoms with E-state index < -0.39 is 0 Å². The molecule has 5 heteroatoms. The maximum atomic E-state index is 8.66. The molecule has 3 rings (SSSR count). The van der Waals surface area contributed by atoms with Crippen molar-refractivity contribution in [3.8, 4) is 0 Å². The Labute approximate surface area is 138 Å². The lowest BCUT2D eigenvalue weighted by molar-refractivity contribution is 0.196. The summed E-state index contributed by atoms with van der Waals surface area (Å²) < 4.78 is 0. The summed E-state index contributed by atoms with van der Waals surface area (Å²) in [6.45, 7) is 13.6. The highest BCUT2D eigenvalue weighted by Gasteiger charge is 2.10. The van der Waals surface area contributed by atoms with E-state index in [0.717, 1.165) is 52.1 Å². The summed E-state index contributed by atoms with van der Waals surface area (Å²) in [5, 5.41) is 21.6. The predicted molar refractivity (Wildman–Crippen MR) is 96.5 cm³/mol. The quantitative estimate of drug-likeness (QED) is 0.498. The van der Waals surface area contributed by atoms with Crippen LogP contribution in [0.15, 0.2) is 0 Å². The van der Waals surface area contributed by atoms with Gasteiger partial charge in [-0.25, -0.2) is 0 Å². The van der Waals surface area contributed by atoms with Gasteiger partial charge in [0.15, 0.2) is 0 Å². The van der Waals surface area contributed by atoms with Gasteiger partial charge in [0.2, 0.25) is 0 Å². The number of hydrogen-bond acceptors (Lipinski definition) is 5. The summed E-state index contributed by atoms with van der Waals surface area (Å²) in [5.74, 6) is 0.580. The average Bonchev–Trinajstić information content (AvgIpc) is 2.68. The molecule has 0 aliphatic carbocycles. The van der Waals surface area contributed by atoms with Gasteiger partial charge in [-0.2, -0.15) is 0 Å². The van der Waals surface area contributed by atoms with E-state index in [2.05, 4.69) is 21.3 Å². The first-order valence-electron chi connectivity index (χ1n) is 9.37. The van der Waals surface area contributed by atoms with Crippen LogP contribution in [-0.4, -0.2) is 64.1 Å². The number of aliphatic hydroxyl groups excluding tert-OH is 1. The van der Waals surface area contributed by atoms with Crippen molar-refractivity contribution in [2.75, 3.05) is 59.0 Å². The fourth-order valence-electron chi connectivity index (χ4n) is 2.47. The minimum absolute atomic E-state index is 0.377. The zero-order valence-corrected chi connectivity index (χ0v) is 14.9.